The molecule has 7 heteroatoms. The Balaban J connectivity index is 1.92. The van der Waals surface area contributed by atoms with Gasteiger partial charge in [-0.25, -0.2) is 0 Å². The van der Waals surface area contributed by atoms with Crippen molar-refractivity contribution in [2.45, 2.75) is 6.92 Å². The maximum atomic E-state index is 11.1. The van der Waals surface area contributed by atoms with Crippen molar-refractivity contribution in [3.8, 4) is 17.4 Å². The van der Waals surface area contributed by atoms with Crippen molar-refractivity contribution in [1.82, 2.24) is 14.9 Å². The van der Waals surface area contributed by atoms with E-state index in [4.69, 9.17) is 9.47 Å². The van der Waals surface area contributed by atoms with Crippen LogP contribution in [0.3, 0.4) is 0 Å². The first kappa shape index (κ1) is 16.5. The largest absolute Gasteiger partial charge is 0.497 e. The van der Waals surface area contributed by atoms with Gasteiger partial charge in [0.05, 0.1) is 19.5 Å². The highest BCUT2D eigenvalue weighted by atomic mass is 16.5. The van der Waals surface area contributed by atoms with Gasteiger partial charge in [-0.1, -0.05) is 0 Å². The van der Waals surface area contributed by atoms with E-state index in [-0.39, 0.29) is 5.91 Å². The molecule has 0 bridgehead atoms. The van der Waals surface area contributed by atoms with Crippen LogP contribution in [-0.2, 0) is 4.79 Å². The predicted molar refractivity (Wildman–Crippen MR) is 86.9 cm³/mol. The number of carbonyl (C=O) groups is 1. The lowest BCUT2D eigenvalue weighted by atomic mass is 10.3. The SMILES string of the molecule is COc1ccc(Oc2cncc(NCCN(C)C(C)=O)n2)cc1. The maximum absolute atomic E-state index is 11.1. The van der Waals surface area contributed by atoms with Gasteiger partial charge in [0, 0.05) is 27.1 Å². The molecule has 0 aliphatic heterocycles. The highest BCUT2D eigenvalue weighted by molar-refractivity contribution is 5.72. The second-order valence-electron chi connectivity index (χ2n) is 4.89. The number of nitrogens with zero attached hydrogens (tertiary/aromatic N) is 3. The number of likely N-dealkylation sites (N-methyl/N-ethyl adjacent to an activating group) is 1. The van der Waals surface area contributed by atoms with Crippen molar-refractivity contribution in [2.75, 3.05) is 32.6 Å². The zero-order chi connectivity index (χ0) is 16.7. The van der Waals surface area contributed by atoms with Gasteiger partial charge in [0.15, 0.2) is 0 Å². The summed E-state index contributed by atoms with van der Waals surface area (Å²) in [7, 11) is 3.36. The number of ether oxygens (including phenoxy) is 2. The van der Waals surface area contributed by atoms with Crippen molar-refractivity contribution in [1.29, 1.82) is 0 Å². The summed E-state index contributed by atoms with van der Waals surface area (Å²) in [6.07, 6.45) is 3.14. The molecule has 23 heavy (non-hydrogen) atoms. The molecule has 0 saturated heterocycles. The fourth-order valence-corrected chi connectivity index (χ4v) is 1.76. The molecule has 0 spiro atoms. The molecule has 0 atom stereocenters. The van der Waals surface area contributed by atoms with E-state index >= 15 is 0 Å². The zero-order valence-electron chi connectivity index (χ0n) is 13.4. The lowest BCUT2D eigenvalue weighted by molar-refractivity contribution is -0.127. The first-order chi connectivity index (χ1) is 11.1. The van der Waals surface area contributed by atoms with E-state index < -0.39 is 0 Å². The Kier molecular flexibility index (Phi) is 5.74. The van der Waals surface area contributed by atoms with Crippen molar-refractivity contribution in [2.24, 2.45) is 0 Å². The number of hydrogen-bond donors (Lipinski definition) is 1. The van der Waals surface area contributed by atoms with Crippen molar-refractivity contribution >= 4 is 11.7 Å². The first-order valence-electron chi connectivity index (χ1n) is 7.18. The Hall–Kier alpha value is -2.83. The summed E-state index contributed by atoms with van der Waals surface area (Å²) < 4.78 is 10.7. The standard InChI is InChI=1S/C16H20N4O3/c1-12(21)20(2)9-8-18-15-10-17-11-16(19-15)23-14-6-4-13(22-3)5-7-14/h4-7,10-11H,8-9H2,1-3H3,(H,18,19). The highest BCUT2D eigenvalue weighted by Crippen LogP contribution is 2.22. The van der Waals surface area contributed by atoms with Crippen LogP contribution in [0.4, 0.5) is 5.82 Å². The smallest absolute Gasteiger partial charge is 0.239 e. The molecule has 1 aromatic heterocycles. The predicted octanol–water partition coefficient (Wildman–Crippen LogP) is 2.17. The molecule has 0 aliphatic carbocycles. The Labute approximate surface area is 135 Å². The fourth-order valence-electron chi connectivity index (χ4n) is 1.76. The van der Waals surface area contributed by atoms with E-state index in [2.05, 4.69) is 15.3 Å². The Morgan fingerprint density at radius 2 is 1.91 bits per heavy atom. The molecule has 122 valence electrons. The molecule has 0 unspecified atom stereocenters. The quantitative estimate of drug-likeness (QED) is 0.843. The number of aromatic nitrogens is 2. The molecule has 2 rings (SSSR count). The Bertz CT molecular complexity index is 646. The number of hydrogen-bond acceptors (Lipinski definition) is 6. The van der Waals surface area contributed by atoms with Gasteiger partial charge in [0.2, 0.25) is 11.8 Å². The van der Waals surface area contributed by atoms with Gasteiger partial charge in [0.1, 0.15) is 17.3 Å². The third-order valence-electron chi connectivity index (χ3n) is 3.19. The first-order valence-corrected chi connectivity index (χ1v) is 7.18. The lowest BCUT2D eigenvalue weighted by Gasteiger charge is -2.15. The van der Waals surface area contributed by atoms with Crippen LogP contribution < -0.4 is 14.8 Å². The van der Waals surface area contributed by atoms with Gasteiger partial charge >= 0.3 is 0 Å². The topological polar surface area (TPSA) is 76.6 Å². The van der Waals surface area contributed by atoms with E-state index in [1.54, 1.807) is 37.4 Å². The fraction of sp³-hybridized carbons (Fsp3) is 0.312. The number of anilines is 1. The van der Waals surface area contributed by atoms with Crippen LogP contribution in [0.2, 0.25) is 0 Å². The summed E-state index contributed by atoms with van der Waals surface area (Å²) in [5, 5.41) is 3.11. The van der Waals surface area contributed by atoms with Crippen LogP contribution in [0, 0.1) is 0 Å². The van der Waals surface area contributed by atoms with Crippen LogP contribution in [0.25, 0.3) is 0 Å². The van der Waals surface area contributed by atoms with Gasteiger partial charge in [0.25, 0.3) is 0 Å². The van der Waals surface area contributed by atoms with Crippen molar-refractivity contribution in [3.05, 3.63) is 36.7 Å². The van der Waals surface area contributed by atoms with Gasteiger partial charge in [-0.05, 0) is 24.3 Å². The van der Waals surface area contributed by atoms with Crippen LogP contribution in [-0.4, -0.2) is 48.0 Å². The summed E-state index contributed by atoms with van der Waals surface area (Å²) in [4.78, 5) is 21.2. The minimum atomic E-state index is 0.0227. The average molecular weight is 316 g/mol. The summed E-state index contributed by atoms with van der Waals surface area (Å²) in [6.45, 7) is 2.69. The molecule has 1 heterocycles. The van der Waals surface area contributed by atoms with Crippen molar-refractivity contribution < 1.29 is 14.3 Å². The molecule has 0 fully saturated rings. The molecule has 0 aliphatic rings. The normalized spacial score (nSPS) is 10.0. The average Bonchev–Trinajstić information content (AvgIpc) is 2.56. The van der Waals surface area contributed by atoms with E-state index in [0.29, 0.717) is 30.5 Å². The number of carbonyl (C=O) groups excluding carboxylic acids is 1. The molecule has 1 N–H and O–H groups in total. The second kappa shape index (κ2) is 7.98. The third-order valence-corrected chi connectivity index (χ3v) is 3.19. The number of rotatable bonds is 7. The number of nitrogens with one attached hydrogen (secondary N) is 1. The molecular formula is C16H20N4O3. The van der Waals surface area contributed by atoms with E-state index in [1.165, 1.54) is 13.1 Å². The van der Waals surface area contributed by atoms with E-state index in [1.807, 2.05) is 12.1 Å². The molecule has 0 radical (unpaired) electrons. The van der Waals surface area contributed by atoms with Crippen LogP contribution >= 0.6 is 0 Å². The van der Waals surface area contributed by atoms with Crippen LogP contribution in [0.1, 0.15) is 6.92 Å². The number of benzene rings is 1. The summed E-state index contributed by atoms with van der Waals surface area (Å²) in [5.41, 5.74) is 0. The molecule has 1 amide bonds. The lowest BCUT2D eigenvalue weighted by Crippen LogP contribution is -2.29. The molecular weight excluding hydrogens is 296 g/mol. The molecule has 7 nitrogen and oxygen atoms in total. The zero-order valence-corrected chi connectivity index (χ0v) is 13.4. The minimum Gasteiger partial charge on any atom is -0.497 e. The monoisotopic (exact) mass is 316 g/mol. The highest BCUT2D eigenvalue weighted by Gasteiger charge is 2.04. The molecule has 2 aromatic rings. The van der Waals surface area contributed by atoms with Crippen LogP contribution in [0.5, 0.6) is 17.4 Å². The maximum Gasteiger partial charge on any atom is 0.239 e. The Morgan fingerprint density at radius 3 is 2.57 bits per heavy atom. The van der Waals surface area contributed by atoms with E-state index in [0.717, 1.165) is 5.75 Å². The molecule has 1 aromatic carbocycles. The summed E-state index contributed by atoms with van der Waals surface area (Å²) in [6, 6.07) is 7.20. The molecule has 0 saturated carbocycles. The third kappa shape index (κ3) is 5.14. The van der Waals surface area contributed by atoms with Gasteiger partial charge in [-0.2, -0.15) is 4.98 Å². The second-order valence-corrected chi connectivity index (χ2v) is 4.89. The minimum absolute atomic E-state index is 0.0227. The van der Waals surface area contributed by atoms with Gasteiger partial charge in [-0.15, -0.1) is 0 Å². The van der Waals surface area contributed by atoms with Crippen LogP contribution in [0.15, 0.2) is 36.7 Å². The number of methoxy groups -OCH3 is 1. The van der Waals surface area contributed by atoms with E-state index in [9.17, 15) is 4.79 Å². The Morgan fingerprint density at radius 1 is 1.22 bits per heavy atom. The van der Waals surface area contributed by atoms with Gasteiger partial charge < -0.3 is 19.7 Å². The summed E-state index contributed by atoms with van der Waals surface area (Å²) >= 11 is 0. The number of amides is 1. The summed E-state index contributed by atoms with van der Waals surface area (Å²) in [5.74, 6) is 2.41. The van der Waals surface area contributed by atoms with Crippen molar-refractivity contribution in [3.63, 3.8) is 0 Å². The van der Waals surface area contributed by atoms with Gasteiger partial charge in [-0.3, -0.25) is 9.78 Å².